The number of thiazole rings is 1. The predicted molar refractivity (Wildman–Crippen MR) is 97.6 cm³/mol. The molecule has 1 saturated carbocycles. The van der Waals surface area contributed by atoms with Gasteiger partial charge in [0, 0.05) is 37.2 Å². The number of fused-ring (bicyclic) bond motifs is 1. The molecule has 0 amide bonds. The molecule has 1 aromatic carbocycles. The lowest BCUT2D eigenvalue weighted by atomic mass is 9.96. The molecule has 0 saturated heterocycles. The third-order valence-electron chi connectivity index (χ3n) is 4.79. The van der Waals surface area contributed by atoms with Crippen molar-refractivity contribution in [1.29, 1.82) is 0 Å². The van der Waals surface area contributed by atoms with Crippen LogP contribution in [-0.2, 0) is 6.54 Å². The highest BCUT2D eigenvalue weighted by molar-refractivity contribution is 7.15. The topological polar surface area (TPSA) is 49.6 Å². The van der Waals surface area contributed by atoms with E-state index in [1.807, 2.05) is 6.07 Å². The average Bonchev–Trinajstić information content (AvgIpc) is 3.25. The molecule has 4 rings (SSSR count). The monoisotopic (exact) mass is 341 g/mol. The second kappa shape index (κ2) is 7.05. The quantitative estimate of drug-likeness (QED) is 0.659. The lowest BCUT2D eigenvalue weighted by Gasteiger charge is -2.17. The Kier molecular flexibility index (Phi) is 4.65. The Hall–Kier alpha value is -1.69. The van der Waals surface area contributed by atoms with Crippen LogP contribution in [0, 0.1) is 0 Å². The first-order valence-electron chi connectivity index (χ1n) is 8.67. The number of hydrogen-bond acceptors (Lipinski definition) is 4. The fraction of sp³-hybridized carbons (Fsp3) is 0.421. The van der Waals surface area contributed by atoms with E-state index in [0.717, 1.165) is 24.5 Å². The number of aliphatic hydroxyl groups is 1. The molecule has 0 radical (unpaired) electrons. The van der Waals surface area contributed by atoms with Crippen molar-refractivity contribution in [2.24, 2.45) is 0 Å². The van der Waals surface area contributed by atoms with Crippen molar-refractivity contribution in [3.8, 4) is 0 Å². The summed E-state index contributed by atoms with van der Waals surface area (Å²) in [6.07, 6.45) is 5.45. The van der Waals surface area contributed by atoms with Gasteiger partial charge in [-0.1, -0.05) is 30.3 Å². The van der Waals surface area contributed by atoms with Crippen LogP contribution in [0.2, 0.25) is 0 Å². The number of aliphatic hydroxyl groups excluding tert-OH is 1. The van der Waals surface area contributed by atoms with Gasteiger partial charge >= 0.3 is 0 Å². The van der Waals surface area contributed by atoms with Gasteiger partial charge in [0.1, 0.15) is 0 Å². The minimum Gasteiger partial charge on any atom is -0.396 e. The van der Waals surface area contributed by atoms with Gasteiger partial charge in [-0.3, -0.25) is 4.40 Å². The number of benzene rings is 1. The van der Waals surface area contributed by atoms with E-state index >= 15 is 0 Å². The molecule has 3 aromatic rings. The van der Waals surface area contributed by atoms with Gasteiger partial charge in [0.25, 0.3) is 0 Å². The minimum atomic E-state index is 0.218. The predicted octanol–water partition coefficient (Wildman–Crippen LogP) is 3.53. The smallest absolute Gasteiger partial charge is 0.194 e. The third kappa shape index (κ3) is 3.24. The molecule has 1 fully saturated rings. The van der Waals surface area contributed by atoms with Crippen molar-refractivity contribution in [2.75, 3.05) is 13.2 Å². The summed E-state index contributed by atoms with van der Waals surface area (Å²) in [5.74, 6) is 1.00. The lowest BCUT2D eigenvalue weighted by molar-refractivity contribution is 0.273. The summed E-state index contributed by atoms with van der Waals surface area (Å²) in [4.78, 5) is 5.93. The summed E-state index contributed by atoms with van der Waals surface area (Å²) < 4.78 is 2.23. The molecule has 126 valence electrons. The van der Waals surface area contributed by atoms with Gasteiger partial charge < -0.3 is 10.4 Å². The van der Waals surface area contributed by atoms with Gasteiger partial charge in [0.15, 0.2) is 4.96 Å². The highest BCUT2D eigenvalue weighted by Gasteiger charge is 2.30. The summed E-state index contributed by atoms with van der Waals surface area (Å²) in [7, 11) is 0. The van der Waals surface area contributed by atoms with Gasteiger partial charge in [-0.05, 0) is 30.7 Å². The van der Waals surface area contributed by atoms with Crippen LogP contribution in [0.1, 0.15) is 48.0 Å². The van der Waals surface area contributed by atoms with Crippen LogP contribution in [0.5, 0.6) is 0 Å². The largest absolute Gasteiger partial charge is 0.396 e. The number of hydrogen-bond donors (Lipinski definition) is 2. The Labute approximate surface area is 146 Å². The fourth-order valence-electron chi connectivity index (χ4n) is 3.34. The first-order chi connectivity index (χ1) is 11.9. The maximum Gasteiger partial charge on any atom is 0.194 e. The van der Waals surface area contributed by atoms with Crippen LogP contribution in [-0.4, -0.2) is 27.6 Å². The highest BCUT2D eigenvalue weighted by atomic mass is 32.1. The summed E-state index contributed by atoms with van der Waals surface area (Å²) in [6, 6.07) is 10.5. The Morgan fingerprint density at radius 2 is 2.12 bits per heavy atom. The van der Waals surface area contributed by atoms with E-state index in [9.17, 15) is 5.11 Å². The van der Waals surface area contributed by atoms with Crippen molar-refractivity contribution in [3.05, 3.63) is 58.9 Å². The maximum atomic E-state index is 9.38. The number of aromatic nitrogens is 2. The summed E-state index contributed by atoms with van der Waals surface area (Å²) in [5.41, 5.74) is 3.88. The first-order valence-corrected chi connectivity index (χ1v) is 9.55. The van der Waals surface area contributed by atoms with Crippen molar-refractivity contribution in [3.63, 3.8) is 0 Å². The maximum absolute atomic E-state index is 9.38. The SMILES string of the molecule is OCCC(CNCc1c(C2CC2)nc2sccn12)c1ccccc1. The van der Waals surface area contributed by atoms with Gasteiger partial charge in [-0.15, -0.1) is 11.3 Å². The van der Waals surface area contributed by atoms with Crippen LogP contribution >= 0.6 is 11.3 Å². The zero-order valence-electron chi connectivity index (χ0n) is 13.7. The van der Waals surface area contributed by atoms with Crippen molar-refractivity contribution >= 4 is 16.3 Å². The van der Waals surface area contributed by atoms with E-state index in [0.29, 0.717) is 11.8 Å². The molecule has 5 heteroatoms. The van der Waals surface area contributed by atoms with Crippen LogP contribution in [0.15, 0.2) is 41.9 Å². The number of nitrogens with zero attached hydrogens (tertiary/aromatic N) is 2. The molecule has 4 nitrogen and oxygen atoms in total. The zero-order valence-corrected chi connectivity index (χ0v) is 14.5. The van der Waals surface area contributed by atoms with Crippen molar-refractivity contribution in [2.45, 2.75) is 37.6 Å². The van der Waals surface area contributed by atoms with E-state index in [1.54, 1.807) is 11.3 Å². The molecular weight excluding hydrogens is 318 g/mol. The van der Waals surface area contributed by atoms with Crippen molar-refractivity contribution < 1.29 is 5.11 Å². The van der Waals surface area contributed by atoms with Crippen LogP contribution in [0.4, 0.5) is 0 Å². The lowest BCUT2D eigenvalue weighted by Crippen LogP contribution is -2.23. The van der Waals surface area contributed by atoms with E-state index in [4.69, 9.17) is 4.98 Å². The minimum absolute atomic E-state index is 0.218. The molecule has 2 aromatic heterocycles. The Morgan fingerprint density at radius 3 is 2.88 bits per heavy atom. The summed E-state index contributed by atoms with van der Waals surface area (Å²) in [5, 5.41) is 15.1. The normalized spacial score (nSPS) is 15.9. The van der Waals surface area contributed by atoms with Gasteiger partial charge in [0.05, 0.1) is 11.4 Å². The third-order valence-corrected chi connectivity index (χ3v) is 5.54. The Balaban J connectivity index is 1.46. The summed E-state index contributed by atoms with van der Waals surface area (Å²) >= 11 is 1.70. The Morgan fingerprint density at radius 1 is 1.29 bits per heavy atom. The first kappa shape index (κ1) is 15.8. The second-order valence-corrected chi connectivity index (χ2v) is 7.40. The molecule has 1 atom stereocenters. The molecule has 0 bridgehead atoms. The Bertz CT molecular complexity index is 791. The zero-order chi connectivity index (χ0) is 16.4. The van der Waals surface area contributed by atoms with Gasteiger partial charge in [-0.2, -0.15) is 0 Å². The fourth-order valence-corrected chi connectivity index (χ4v) is 4.08. The molecule has 1 unspecified atom stereocenters. The van der Waals surface area contributed by atoms with Crippen LogP contribution in [0.25, 0.3) is 4.96 Å². The molecule has 1 aliphatic carbocycles. The molecule has 2 heterocycles. The number of imidazole rings is 1. The number of nitrogens with one attached hydrogen (secondary N) is 1. The molecule has 0 spiro atoms. The summed E-state index contributed by atoms with van der Waals surface area (Å²) in [6.45, 7) is 1.92. The number of rotatable bonds is 8. The molecular formula is C19H23N3OS. The van der Waals surface area contributed by atoms with Gasteiger partial charge in [-0.25, -0.2) is 4.98 Å². The van der Waals surface area contributed by atoms with E-state index in [1.165, 1.54) is 29.8 Å². The average molecular weight is 341 g/mol. The molecule has 24 heavy (non-hydrogen) atoms. The molecule has 0 aliphatic heterocycles. The van der Waals surface area contributed by atoms with E-state index in [2.05, 4.69) is 45.6 Å². The van der Waals surface area contributed by atoms with Gasteiger partial charge in [0.2, 0.25) is 0 Å². The van der Waals surface area contributed by atoms with Crippen LogP contribution in [0.3, 0.4) is 0 Å². The van der Waals surface area contributed by atoms with E-state index < -0.39 is 0 Å². The standard InChI is InChI=1S/C19H23N3OS/c23-10-8-16(14-4-2-1-3-5-14)12-20-13-17-18(15-6-7-15)21-19-22(17)9-11-24-19/h1-5,9,11,15-16,20,23H,6-8,10,12-13H2. The highest BCUT2D eigenvalue weighted by Crippen LogP contribution is 2.41. The second-order valence-electron chi connectivity index (χ2n) is 6.52. The molecule has 2 N–H and O–H groups in total. The van der Waals surface area contributed by atoms with E-state index in [-0.39, 0.29) is 6.61 Å². The molecule has 1 aliphatic rings. The van der Waals surface area contributed by atoms with Crippen LogP contribution < -0.4 is 5.32 Å². The van der Waals surface area contributed by atoms with Crippen molar-refractivity contribution in [1.82, 2.24) is 14.7 Å².